The topological polar surface area (TPSA) is 35.5 Å². The van der Waals surface area contributed by atoms with Gasteiger partial charge in [0.05, 0.1) is 13.2 Å². The van der Waals surface area contributed by atoms with Crippen molar-refractivity contribution >= 4 is 5.78 Å². The highest BCUT2D eigenvalue weighted by Crippen LogP contribution is 2.61. The Kier molecular flexibility index (Phi) is 1.52. The second-order valence-corrected chi connectivity index (χ2v) is 4.56. The highest BCUT2D eigenvalue weighted by molar-refractivity contribution is 6.06. The van der Waals surface area contributed by atoms with Crippen LogP contribution in [-0.4, -0.2) is 24.8 Å². The van der Waals surface area contributed by atoms with Crippen molar-refractivity contribution in [3.63, 3.8) is 0 Å². The molecular weight excluding hydrogens is 180 g/mol. The molecule has 14 heavy (non-hydrogen) atoms. The van der Waals surface area contributed by atoms with Gasteiger partial charge >= 0.3 is 0 Å². The van der Waals surface area contributed by atoms with E-state index in [1.165, 1.54) is 0 Å². The fourth-order valence-electron chi connectivity index (χ4n) is 2.83. The zero-order chi connectivity index (χ0) is 9.92. The predicted octanol–water partition coefficient (Wildman–Crippen LogP) is 1.28. The minimum atomic E-state index is -0.864. The van der Waals surface area contributed by atoms with Gasteiger partial charge in [-0.05, 0) is 26.2 Å². The third-order valence-corrected chi connectivity index (χ3v) is 3.47. The zero-order valence-electron chi connectivity index (χ0n) is 8.50. The molecule has 0 amide bonds. The van der Waals surface area contributed by atoms with E-state index in [4.69, 9.17) is 9.47 Å². The number of carbonyl (C=O) groups is 1. The summed E-state index contributed by atoms with van der Waals surface area (Å²) in [5.74, 6) is -0.0404. The van der Waals surface area contributed by atoms with Crippen LogP contribution in [0.15, 0.2) is 11.1 Å². The molecule has 0 aromatic rings. The lowest BCUT2D eigenvalue weighted by Gasteiger charge is -2.21. The van der Waals surface area contributed by atoms with Crippen molar-refractivity contribution < 1.29 is 14.3 Å². The quantitative estimate of drug-likeness (QED) is 0.545. The first-order valence-electron chi connectivity index (χ1n) is 5.17. The van der Waals surface area contributed by atoms with Crippen LogP contribution in [-0.2, 0) is 14.3 Å². The molecule has 2 atom stereocenters. The van der Waals surface area contributed by atoms with Crippen LogP contribution in [0.5, 0.6) is 0 Å². The summed E-state index contributed by atoms with van der Waals surface area (Å²) in [4.78, 5) is 12.1. The van der Waals surface area contributed by atoms with E-state index < -0.39 is 5.79 Å². The average molecular weight is 194 g/mol. The van der Waals surface area contributed by atoms with Crippen LogP contribution >= 0.6 is 0 Å². The van der Waals surface area contributed by atoms with Crippen LogP contribution in [0.2, 0.25) is 0 Å². The maximum Gasteiger partial charge on any atom is 0.237 e. The number of fused-ring (bicyclic) bond motifs is 2. The van der Waals surface area contributed by atoms with Gasteiger partial charge in [-0.25, -0.2) is 0 Å². The Hall–Kier alpha value is -0.670. The van der Waals surface area contributed by atoms with Gasteiger partial charge in [0.2, 0.25) is 11.6 Å². The predicted molar refractivity (Wildman–Crippen MR) is 49.6 cm³/mol. The van der Waals surface area contributed by atoms with Crippen molar-refractivity contribution in [1.82, 2.24) is 0 Å². The van der Waals surface area contributed by atoms with Gasteiger partial charge in [0, 0.05) is 11.5 Å². The van der Waals surface area contributed by atoms with E-state index in [0.29, 0.717) is 25.0 Å². The molecule has 3 aliphatic rings. The first-order valence-corrected chi connectivity index (χ1v) is 5.17. The minimum absolute atomic E-state index is 0.0938. The molecule has 3 heteroatoms. The number of ketones is 1. The third-order valence-electron chi connectivity index (χ3n) is 3.47. The molecule has 3 nitrogen and oxygen atoms in total. The molecule has 1 aliphatic heterocycles. The van der Waals surface area contributed by atoms with Gasteiger partial charge < -0.3 is 9.47 Å². The van der Waals surface area contributed by atoms with Crippen molar-refractivity contribution in [1.29, 1.82) is 0 Å². The van der Waals surface area contributed by atoms with E-state index in [9.17, 15) is 4.79 Å². The first-order chi connectivity index (χ1) is 6.67. The van der Waals surface area contributed by atoms with Crippen molar-refractivity contribution in [2.24, 2.45) is 11.8 Å². The van der Waals surface area contributed by atoms with Crippen molar-refractivity contribution in [2.75, 3.05) is 13.2 Å². The fourth-order valence-corrected chi connectivity index (χ4v) is 2.83. The molecule has 0 radical (unpaired) electrons. The van der Waals surface area contributed by atoms with E-state index in [-0.39, 0.29) is 5.78 Å². The molecule has 0 aromatic carbocycles. The van der Waals surface area contributed by atoms with Crippen LogP contribution in [0.1, 0.15) is 20.3 Å². The fraction of sp³-hybridized carbons (Fsp3) is 0.727. The summed E-state index contributed by atoms with van der Waals surface area (Å²) in [6.07, 6.45) is 1.06. The highest BCUT2D eigenvalue weighted by Gasteiger charge is 2.69. The number of Topliss-reactive ketones (excluding diaryl/α,β-unsaturated/α-hetero) is 1. The normalized spacial score (nSPS) is 37.9. The van der Waals surface area contributed by atoms with Crippen molar-refractivity contribution in [3.05, 3.63) is 11.1 Å². The van der Waals surface area contributed by atoms with Crippen LogP contribution in [0.25, 0.3) is 0 Å². The van der Waals surface area contributed by atoms with Gasteiger partial charge in [0.15, 0.2) is 0 Å². The van der Waals surface area contributed by atoms with Crippen LogP contribution in [0.4, 0.5) is 0 Å². The Bertz CT molecular complexity index is 332. The van der Waals surface area contributed by atoms with E-state index in [1.807, 2.05) is 13.8 Å². The molecule has 2 aliphatic carbocycles. The van der Waals surface area contributed by atoms with Gasteiger partial charge in [0.1, 0.15) is 0 Å². The zero-order valence-corrected chi connectivity index (χ0v) is 8.50. The maximum atomic E-state index is 12.1. The summed E-state index contributed by atoms with van der Waals surface area (Å²) in [5.41, 5.74) is 2.09. The molecule has 0 aromatic heterocycles. The molecule has 76 valence electrons. The number of rotatable bonds is 0. The maximum absolute atomic E-state index is 12.1. The standard InChI is InChI=1S/C11H14O3/c1-6(2)9-7-5-8(7)11(10(9)12)13-3-4-14-11/h7-8H,3-5H2,1-2H3/t7-,8+/m0/s1. The minimum Gasteiger partial charge on any atom is -0.341 e. The Morgan fingerprint density at radius 2 is 2.00 bits per heavy atom. The Morgan fingerprint density at radius 1 is 1.36 bits per heavy atom. The number of carbonyl (C=O) groups excluding carboxylic acids is 1. The number of hydrogen-bond acceptors (Lipinski definition) is 3. The summed E-state index contributed by atoms with van der Waals surface area (Å²) < 4.78 is 11.1. The summed E-state index contributed by atoms with van der Waals surface area (Å²) in [5, 5.41) is 0. The van der Waals surface area contributed by atoms with Crippen LogP contribution < -0.4 is 0 Å². The largest absolute Gasteiger partial charge is 0.341 e. The van der Waals surface area contributed by atoms with Gasteiger partial charge in [-0.15, -0.1) is 0 Å². The van der Waals surface area contributed by atoms with Gasteiger partial charge in [-0.2, -0.15) is 0 Å². The smallest absolute Gasteiger partial charge is 0.237 e. The lowest BCUT2D eigenvalue weighted by atomic mass is 10.0. The van der Waals surface area contributed by atoms with Gasteiger partial charge in [0.25, 0.3) is 0 Å². The molecule has 1 spiro atoms. The molecule has 1 heterocycles. The monoisotopic (exact) mass is 194 g/mol. The van der Waals surface area contributed by atoms with E-state index >= 15 is 0 Å². The van der Waals surface area contributed by atoms with E-state index in [2.05, 4.69) is 0 Å². The van der Waals surface area contributed by atoms with Gasteiger partial charge in [-0.3, -0.25) is 4.79 Å². The van der Waals surface area contributed by atoms with E-state index in [1.54, 1.807) is 0 Å². The Balaban J connectivity index is 2.05. The lowest BCUT2D eigenvalue weighted by molar-refractivity contribution is -0.179. The second-order valence-electron chi connectivity index (χ2n) is 4.56. The summed E-state index contributed by atoms with van der Waals surface area (Å²) in [7, 11) is 0. The molecular formula is C11H14O3. The Labute approximate surface area is 83.1 Å². The summed E-state index contributed by atoms with van der Waals surface area (Å²) in [6, 6.07) is 0. The average Bonchev–Trinajstić information content (AvgIpc) is 2.70. The molecule has 3 fully saturated rings. The molecule has 0 unspecified atom stereocenters. The first kappa shape index (κ1) is 8.62. The summed E-state index contributed by atoms with van der Waals surface area (Å²) >= 11 is 0. The van der Waals surface area contributed by atoms with Crippen LogP contribution in [0, 0.1) is 11.8 Å². The van der Waals surface area contributed by atoms with E-state index in [0.717, 1.165) is 17.6 Å². The molecule has 3 rings (SSSR count). The summed E-state index contributed by atoms with van der Waals surface area (Å²) in [6.45, 7) is 5.11. The number of allylic oxidation sites excluding steroid dienone is 1. The molecule has 2 saturated carbocycles. The van der Waals surface area contributed by atoms with Gasteiger partial charge in [-0.1, -0.05) is 5.57 Å². The van der Waals surface area contributed by atoms with Crippen molar-refractivity contribution in [3.8, 4) is 0 Å². The van der Waals surface area contributed by atoms with Crippen LogP contribution in [0.3, 0.4) is 0 Å². The Morgan fingerprint density at radius 3 is 2.50 bits per heavy atom. The highest BCUT2D eigenvalue weighted by atomic mass is 16.7. The number of hydrogen-bond donors (Lipinski definition) is 0. The lowest BCUT2D eigenvalue weighted by Crippen LogP contribution is -2.39. The molecule has 0 N–H and O–H groups in total. The third kappa shape index (κ3) is 0.823. The molecule has 1 saturated heterocycles. The molecule has 0 bridgehead atoms. The number of ether oxygens (including phenoxy) is 2. The second kappa shape index (κ2) is 2.47. The SMILES string of the molecule is CC(C)=C1C(=O)C2(OCCO2)[C@@H]2C[C@H]12. The van der Waals surface area contributed by atoms with Crippen molar-refractivity contribution in [2.45, 2.75) is 26.1 Å².